The molecule has 0 aliphatic carbocycles. The maximum atomic E-state index is 11.4. The van der Waals surface area contributed by atoms with Crippen LogP contribution < -0.4 is 5.32 Å². The van der Waals surface area contributed by atoms with Gasteiger partial charge < -0.3 is 10.4 Å². The molecule has 0 fully saturated rings. The van der Waals surface area contributed by atoms with E-state index < -0.39 is 0 Å². The molecule has 3 nitrogen and oxygen atoms in total. The molecule has 3 heteroatoms. The number of nitrogens with one attached hydrogen (secondary N) is 1. The third-order valence-corrected chi connectivity index (χ3v) is 4.42. The topological polar surface area (TPSA) is 49.3 Å². The molecule has 0 aliphatic rings. The van der Waals surface area contributed by atoms with Gasteiger partial charge in [0.05, 0.1) is 6.10 Å². The summed E-state index contributed by atoms with van der Waals surface area (Å²) in [5.41, 5.74) is 1.98. The lowest BCUT2D eigenvalue weighted by Gasteiger charge is -2.10. The van der Waals surface area contributed by atoms with Crippen molar-refractivity contribution in [2.45, 2.75) is 104 Å². The van der Waals surface area contributed by atoms with Crippen LogP contribution in [0.15, 0.2) is 11.3 Å². The van der Waals surface area contributed by atoms with Crippen molar-refractivity contribution in [2.24, 2.45) is 0 Å². The molecule has 0 heterocycles. The fraction of sp³-hybridized carbons (Fsp3) is 0.850. The van der Waals surface area contributed by atoms with Crippen molar-refractivity contribution in [3.8, 4) is 0 Å². The summed E-state index contributed by atoms with van der Waals surface area (Å²) in [7, 11) is 0. The van der Waals surface area contributed by atoms with E-state index in [1.54, 1.807) is 6.92 Å². The summed E-state index contributed by atoms with van der Waals surface area (Å²) in [4.78, 5) is 11.4. The molecule has 0 rings (SSSR count). The Morgan fingerprint density at radius 3 is 1.83 bits per heavy atom. The van der Waals surface area contributed by atoms with E-state index in [4.69, 9.17) is 0 Å². The van der Waals surface area contributed by atoms with Crippen LogP contribution >= 0.6 is 0 Å². The molecule has 0 bridgehead atoms. The summed E-state index contributed by atoms with van der Waals surface area (Å²) in [6, 6.07) is 0. The number of aliphatic hydroxyl groups is 1. The molecule has 0 amide bonds. The Kier molecular flexibility index (Phi) is 14.2. The van der Waals surface area contributed by atoms with Gasteiger partial charge in [-0.25, -0.2) is 0 Å². The summed E-state index contributed by atoms with van der Waals surface area (Å²) in [5.74, 6) is 0.186. The Bertz CT molecular complexity index is 335. The number of carbonyl (C=O) groups is 1. The molecule has 0 aliphatic heterocycles. The van der Waals surface area contributed by atoms with Crippen LogP contribution in [0.1, 0.15) is 98.3 Å². The molecule has 23 heavy (non-hydrogen) atoms. The number of unbranched alkanes of at least 4 members (excludes halogenated alkanes) is 8. The molecule has 1 unspecified atom stereocenters. The second-order valence-corrected chi connectivity index (χ2v) is 6.76. The predicted molar refractivity (Wildman–Crippen MR) is 99.5 cm³/mol. The summed E-state index contributed by atoms with van der Waals surface area (Å²) in [6.07, 6.45) is 13.1. The van der Waals surface area contributed by atoms with Crippen molar-refractivity contribution in [3.05, 3.63) is 11.3 Å². The Balaban J connectivity index is 3.42. The lowest BCUT2D eigenvalue weighted by atomic mass is 10.1. The van der Waals surface area contributed by atoms with Crippen molar-refractivity contribution in [1.82, 2.24) is 5.32 Å². The van der Waals surface area contributed by atoms with E-state index in [1.165, 1.54) is 51.4 Å². The third-order valence-electron chi connectivity index (χ3n) is 4.42. The lowest BCUT2D eigenvalue weighted by Crippen LogP contribution is -2.16. The number of carbonyl (C=O) groups excluding carboxylic acids is 1. The van der Waals surface area contributed by atoms with Gasteiger partial charge in [0.15, 0.2) is 5.78 Å². The van der Waals surface area contributed by atoms with Crippen LogP contribution in [-0.2, 0) is 4.79 Å². The number of aliphatic hydroxyl groups excluding tert-OH is 1. The Morgan fingerprint density at radius 2 is 1.39 bits per heavy atom. The van der Waals surface area contributed by atoms with Gasteiger partial charge in [-0.3, -0.25) is 4.79 Å². The molecule has 0 aromatic carbocycles. The summed E-state index contributed by atoms with van der Waals surface area (Å²) >= 11 is 0. The fourth-order valence-corrected chi connectivity index (χ4v) is 2.96. The standard InChI is InChI=1S/C20H39NO2/c1-5-20(19(4)23)18(3)21-16-14-12-10-8-6-7-9-11-13-15-17(2)22/h17,21-22H,5-16H2,1-4H3/b20-18-. The van der Waals surface area contributed by atoms with Crippen LogP contribution in [0.25, 0.3) is 0 Å². The maximum absolute atomic E-state index is 11.4. The van der Waals surface area contributed by atoms with Crippen LogP contribution in [0, 0.1) is 0 Å². The average Bonchev–Trinajstić information content (AvgIpc) is 2.48. The van der Waals surface area contributed by atoms with Crippen LogP contribution in [0.5, 0.6) is 0 Å². The zero-order valence-corrected chi connectivity index (χ0v) is 15.9. The van der Waals surface area contributed by atoms with E-state index in [9.17, 15) is 9.90 Å². The van der Waals surface area contributed by atoms with Crippen molar-refractivity contribution < 1.29 is 9.90 Å². The van der Waals surface area contributed by atoms with Crippen molar-refractivity contribution in [3.63, 3.8) is 0 Å². The fourth-order valence-electron chi connectivity index (χ4n) is 2.96. The Hall–Kier alpha value is -0.830. The number of hydrogen-bond donors (Lipinski definition) is 2. The van der Waals surface area contributed by atoms with Crippen LogP contribution in [-0.4, -0.2) is 23.5 Å². The summed E-state index contributed by atoms with van der Waals surface area (Å²) in [6.45, 7) is 8.54. The number of rotatable bonds is 15. The van der Waals surface area contributed by atoms with Gasteiger partial charge in [-0.15, -0.1) is 0 Å². The molecule has 0 saturated carbocycles. The minimum absolute atomic E-state index is 0.133. The van der Waals surface area contributed by atoms with Gasteiger partial charge in [0.25, 0.3) is 0 Å². The van der Waals surface area contributed by atoms with Gasteiger partial charge in [-0.1, -0.05) is 58.3 Å². The van der Waals surface area contributed by atoms with Gasteiger partial charge in [0, 0.05) is 17.8 Å². The molecular weight excluding hydrogens is 286 g/mol. The third kappa shape index (κ3) is 13.3. The lowest BCUT2D eigenvalue weighted by molar-refractivity contribution is -0.113. The molecule has 0 aromatic rings. The first kappa shape index (κ1) is 22.2. The highest BCUT2D eigenvalue weighted by atomic mass is 16.3. The number of Topliss-reactive ketones (excluding diaryl/α,β-unsaturated/α-hetero) is 1. The minimum Gasteiger partial charge on any atom is -0.393 e. The highest BCUT2D eigenvalue weighted by molar-refractivity contribution is 5.93. The van der Waals surface area contributed by atoms with Gasteiger partial charge in [0.1, 0.15) is 0 Å². The van der Waals surface area contributed by atoms with Crippen LogP contribution in [0.2, 0.25) is 0 Å². The summed E-state index contributed by atoms with van der Waals surface area (Å²) < 4.78 is 0. The monoisotopic (exact) mass is 325 g/mol. The SMILES string of the molecule is CC/C(C(C)=O)=C(\C)NCCCCCCCCCCCC(C)O. The molecule has 2 N–H and O–H groups in total. The normalized spacial score (nSPS) is 13.6. The number of ketones is 1. The van der Waals surface area contributed by atoms with Gasteiger partial charge in [-0.2, -0.15) is 0 Å². The van der Waals surface area contributed by atoms with Gasteiger partial charge in [0.2, 0.25) is 0 Å². The van der Waals surface area contributed by atoms with Crippen molar-refractivity contribution >= 4 is 5.78 Å². The Morgan fingerprint density at radius 1 is 0.913 bits per heavy atom. The molecule has 0 radical (unpaired) electrons. The second-order valence-electron chi connectivity index (χ2n) is 6.76. The molecular formula is C20H39NO2. The van der Waals surface area contributed by atoms with Crippen molar-refractivity contribution in [2.75, 3.05) is 6.54 Å². The first-order chi connectivity index (χ1) is 11.0. The quantitative estimate of drug-likeness (QED) is 0.324. The smallest absolute Gasteiger partial charge is 0.157 e. The first-order valence-electron chi connectivity index (χ1n) is 9.61. The maximum Gasteiger partial charge on any atom is 0.157 e. The molecule has 0 spiro atoms. The number of allylic oxidation sites excluding steroid dienone is 2. The van der Waals surface area contributed by atoms with Gasteiger partial charge >= 0.3 is 0 Å². The largest absolute Gasteiger partial charge is 0.393 e. The summed E-state index contributed by atoms with van der Waals surface area (Å²) in [5, 5.41) is 12.6. The van der Waals surface area contributed by atoms with Crippen LogP contribution in [0.4, 0.5) is 0 Å². The van der Waals surface area contributed by atoms with Crippen LogP contribution in [0.3, 0.4) is 0 Å². The van der Waals surface area contributed by atoms with E-state index in [1.807, 2.05) is 20.8 Å². The molecule has 0 aromatic heterocycles. The number of hydrogen-bond acceptors (Lipinski definition) is 3. The Labute approximate surface area is 143 Å². The van der Waals surface area contributed by atoms with E-state index in [2.05, 4.69) is 5.32 Å². The minimum atomic E-state index is -0.133. The second kappa shape index (κ2) is 14.7. The van der Waals surface area contributed by atoms with E-state index in [0.29, 0.717) is 0 Å². The zero-order valence-electron chi connectivity index (χ0n) is 15.9. The van der Waals surface area contributed by atoms with E-state index >= 15 is 0 Å². The van der Waals surface area contributed by atoms with Crippen molar-refractivity contribution in [1.29, 1.82) is 0 Å². The first-order valence-corrected chi connectivity index (χ1v) is 9.61. The zero-order chi connectivity index (χ0) is 17.5. The average molecular weight is 326 g/mol. The molecule has 0 saturated heterocycles. The van der Waals surface area contributed by atoms with Gasteiger partial charge in [-0.05, 0) is 40.0 Å². The highest BCUT2D eigenvalue weighted by Gasteiger charge is 2.05. The molecule has 1 atom stereocenters. The predicted octanol–water partition coefficient (Wildman–Crippen LogP) is 5.13. The molecule has 136 valence electrons. The highest BCUT2D eigenvalue weighted by Crippen LogP contribution is 2.12. The van der Waals surface area contributed by atoms with E-state index in [0.717, 1.165) is 37.1 Å². The van der Waals surface area contributed by atoms with E-state index in [-0.39, 0.29) is 11.9 Å².